The molecule has 1 amide bonds. The van der Waals surface area contributed by atoms with Crippen molar-refractivity contribution in [3.8, 4) is 11.1 Å². The normalized spacial score (nSPS) is 21.8. The lowest BCUT2D eigenvalue weighted by Crippen LogP contribution is -2.42. The monoisotopic (exact) mass is 328 g/mol. The highest BCUT2D eigenvalue weighted by Crippen LogP contribution is 2.33. The van der Waals surface area contributed by atoms with Gasteiger partial charge in [0.05, 0.1) is 12.6 Å². The van der Waals surface area contributed by atoms with Crippen LogP contribution in [0.1, 0.15) is 17.5 Å². The average Bonchev–Trinajstić information content (AvgIpc) is 2.85. The Morgan fingerprint density at radius 1 is 1.00 bits per heavy atom. The topological polar surface area (TPSA) is 32.3 Å². The van der Waals surface area contributed by atoms with E-state index in [1.807, 2.05) is 48.5 Å². The minimum atomic E-state index is -2.80. The number of hydrogen-bond donors (Lipinski definition) is 1. The fraction of sp³-hybridized carbons (Fsp3) is 0.316. The van der Waals surface area contributed by atoms with Crippen molar-refractivity contribution in [1.29, 1.82) is 0 Å². The third-order valence-corrected chi connectivity index (χ3v) is 4.77. The van der Waals surface area contributed by atoms with Crippen molar-refractivity contribution < 1.29 is 13.6 Å². The van der Waals surface area contributed by atoms with E-state index in [4.69, 9.17) is 0 Å². The fourth-order valence-corrected chi connectivity index (χ4v) is 3.58. The molecule has 124 valence electrons. The summed E-state index contributed by atoms with van der Waals surface area (Å²) in [7, 11) is 0. The van der Waals surface area contributed by atoms with E-state index in [2.05, 4.69) is 5.32 Å². The summed E-state index contributed by atoms with van der Waals surface area (Å²) >= 11 is 0. The minimum absolute atomic E-state index is 0.251. The molecule has 1 saturated heterocycles. The number of carbonyl (C=O) groups excluding carboxylic acids is 1. The Kier molecular flexibility index (Phi) is 3.61. The van der Waals surface area contributed by atoms with E-state index < -0.39 is 24.9 Å². The molecule has 0 aromatic heterocycles. The minimum Gasteiger partial charge on any atom is -0.333 e. The van der Waals surface area contributed by atoms with Crippen LogP contribution in [0.3, 0.4) is 0 Å². The maximum Gasteiger partial charge on any atom is 0.262 e. The summed E-state index contributed by atoms with van der Waals surface area (Å²) in [5.41, 5.74) is 4.29. The zero-order valence-electron chi connectivity index (χ0n) is 13.1. The van der Waals surface area contributed by atoms with Gasteiger partial charge in [-0.1, -0.05) is 48.5 Å². The second-order valence-electron chi connectivity index (χ2n) is 6.50. The zero-order valence-corrected chi connectivity index (χ0v) is 13.1. The van der Waals surface area contributed by atoms with Gasteiger partial charge < -0.3 is 4.90 Å². The van der Waals surface area contributed by atoms with Crippen LogP contribution in [0.4, 0.5) is 8.78 Å². The Morgan fingerprint density at radius 3 is 2.04 bits per heavy atom. The predicted molar refractivity (Wildman–Crippen MR) is 87.5 cm³/mol. The smallest absolute Gasteiger partial charge is 0.262 e. The number of carbonyl (C=O) groups is 1. The first-order chi connectivity index (χ1) is 11.5. The van der Waals surface area contributed by atoms with Gasteiger partial charge in [-0.2, -0.15) is 0 Å². The average molecular weight is 328 g/mol. The molecule has 2 aromatic carbocycles. The molecule has 1 unspecified atom stereocenters. The lowest BCUT2D eigenvalue weighted by atomic mass is 9.97. The Morgan fingerprint density at radius 2 is 1.54 bits per heavy atom. The van der Waals surface area contributed by atoms with Crippen LogP contribution in [0.5, 0.6) is 0 Å². The van der Waals surface area contributed by atoms with E-state index in [0.717, 1.165) is 22.3 Å². The third kappa shape index (κ3) is 2.69. The second-order valence-corrected chi connectivity index (χ2v) is 6.50. The molecular weight excluding hydrogens is 310 g/mol. The van der Waals surface area contributed by atoms with Crippen LogP contribution >= 0.6 is 0 Å². The number of nitrogens with one attached hydrogen (secondary N) is 1. The number of halogens is 2. The Hall–Kier alpha value is -2.27. The molecule has 2 aliphatic rings. The van der Waals surface area contributed by atoms with Gasteiger partial charge in [0.15, 0.2) is 0 Å². The molecule has 0 radical (unpaired) electrons. The van der Waals surface area contributed by atoms with Gasteiger partial charge in [0.1, 0.15) is 0 Å². The molecule has 2 aliphatic heterocycles. The Labute approximate surface area is 139 Å². The molecule has 1 fully saturated rings. The standard InChI is InChI=1S/C19H18F2N2O/c20-19(21)9-17(22-12-19)18(24)23-10-13-5-1-3-7-15(13)16-8-4-2-6-14(16)11-23/h1-8,17,22H,9-12H2. The van der Waals surface area contributed by atoms with Crippen molar-refractivity contribution >= 4 is 5.91 Å². The van der Waals surface area contributed by atoms with Crippen molar-refractivity contribution in [1.82, 2.24) is 10.2 Å². The fourth-order valence-electron chi connectivity index (χ4n) is 3.58. The summed E-state index contributed by atoms with van der Waals surface area (Å²) in [6, 6.07) is 15.1. The maximum absolute atomic E-state index is 13.4. The lowest BCUT2D eigenvalue weighted by Gasteiger charge is -2.24. The SMILES string of the molecule is O=C(C1CC(F)(F)CN1)N1Cc2ccccc2-c2ccccc2C1. The van der Waals surface area contributed by atoms with Crippen molar-refractivity contribution in [3.63, 3.8) is 0 Å². The molecule has 0 aliphatic carbocycles. The molecule has 24 heavy (non-hydrogen) atoms. The number of alkyl halides is 2. The molecule has 0 bridgehead atoms. The largest absolute Gasteiger partial charge is 0.333 e. The molecular formula is C19H18F2N2O. The van der Waals surface area contributed by atoms with E-state index in [1.165, 1.54) is 0 Å². The molecule has 0 saturated carbocycles. The van der Waals surface area contributed by atoms with Crippen LogP contribution in [0.15, 0.2) is 48.5 Å². The molecule has 2 aromatic rings. The molecule has 5 heteroatoms. The van der Waals surface area contributed by atoms with Crippen LogP contribution in [-0.4, -0.2) is 29.3 Å². The number of hydrogen-bond acceptors (Lipinski definition) is 2. The highest BCUT2D eigenvalue weighted by molar-refractivity contribution is 5.84. The number of amides is 1. The van der Waals surface area contributed by atoms with Crippen LogP contribution in [-0.2, 0) is 17.9 Å². The Balaban J connectivity index is 1.69. The van der Waals surface area contributed by atoms with Gasteiger partial charge in [-0.05, 0) is 22.3 Å². The summed E-state index contributed by atoms with van der Waals surface area (Å²) in [4.78, 5) is 14.5. The van der Waals surface area contributed by atoms with Gasteiger partial charge in [0.2, 0.25) is 5.91 Å². The molecule has 0 spiro atoms. The number of rotatable bonds is 1. The zero-order chi connectivity index (χ0) is 16.7. The maximum atomic E-state index is 13.4. The predicted octanol–water partition coefficient (Wildman–Crippen LogP) is 3.19. The van der Waals surface area contributed by atoms with E-state index in [-0.39, 0.29) is 5.91 Å². The molecule has 3 nitrogen and oxygen atoms in total. The number of fused-ring (bicyclic) bond motifs is 3. The number of nitrogens with zero attached hydrogens (tertiary/aromatic N) is 1. The summed E-state index contributed by atoms with van der Waals surface area (Å²) < 4.78 is 26.9. The van der Waals surface area contributed by atoms with Gasteiger partial charge in [-0.3, -0.25) is 10.1 Å². The first kappa shape index (κ1) is 15.3. The van der Waals surface area contributed by atoms with Crippen LogP contribution in [0, 0.1) is 0 Å². The van der Waals surface area contributed by atoms with Gasteiger partial charge in [0.25, 0.3) is 5.92 Å². The second kappa shape index (κ2) is 5.67. The summed E-state index contributed by atoms with van der Waals surface area (Å²) in [5, 5.41) is 2.67. The summed E-state index contributed by atoms with van der Waals surface area (Å²) in [6.07, 6.45) is -0.425. The third-order valence-electron chi connectivity index (χ3n) is 4.77. The van der Waals surface area contributed by atoms with Gasteiger partial charge in [0, 0.05) is 19.5 Å². The highest BCUT2D eigenvalue weighted by Gasteiger charge is 2.43. The van der Waals surface area contributed by atoms with Gasteiger partial charge in [-0.25, -0.2) is 8.78 Å². The molecule has 1 atom stereocenters. The van der Waals surface area contributed by atoms with Gasteiger partial charge >= 0.3 is 0 Å². The van der Waals surface area contributed by atoms with Gasteiger partial charge in [-0.15, -0.1) is 0 Å². The summed E-state index contributed by atoms with van der Waals surface area (Å²) in [5.74, 6) is -3.05. The van der Waals surface area contributed by atoms with Crippen molar-refractivity contribution in [3.05, 3.63) is 59.7 Å². The van der Waals surface area contributed by atoms with Crippen molar-refractivity contribution in [2.45, 2.75) is 31.5 Å². The molecule has 4 rings (SSSR count). The highest BCUT2D eigenvalue weighted by atomic mass is 19.3. The summed E-state index contributed by atoms with van der Waals surface area (Å²) in [6.45, 7) is 0.450. The Bertz CT molecular complexity index is 743. The van der Waals surface area contributed by atoms with Crippen LogP contribution < -0.4 is 5.32 Å². The first-order valence-electron chi connectivity index (χ1n) is 8.10. The van der Waals surface area contributed by atoms with Crippen LogP contribution in [0.2, 0.25) is 0 Å². The van der Waals surface area contributed by atoms with E-state index in [9.17, 15) is 13.6 Å². The lowest BCUT2D eigenvalue weighted by molar-refractivity contribution is -0.135. The molecule has 2 heterocycles. The van der Waals surface area contributed by atoms with E-state index in [1.54, 1.807) is 4.90 Å². The first-order valence-corrected chi connectivity index (χ1v) is 8.10. The quantitative estimate of drug-likeness (QED) is 0.872. The number of benzene rings is 2. The molecule has 1 N–H and O–H groups in total. The van der Waals surface area contributed by atoms with Crippen molar-refractivity contribution in [2.75, 3.05) is 6.54 Å². The van der Waals surface area contributed by atoms with Crippen LogP contribution in [0.25, 0.3) is 11.1 Å². The van der Waals surface area contributed by atoms with E-state index in [0.29, 0.717) is 13.1 Å². The van der Waals surface area contributed by atoms with E-state index >= 15 is 0 Å². The van der Waals surface area contributed by atoms with Crippen molar-refractivity contribution in [2.24, 2.45) is 0 Å².